The Kier molecular flexibility index (Phi) is 5.78. The second-order valence-electron chi connectivity index (χ2n) is 6.97. The zero-order valence-electron chi connectivity index (χ0n) is 16.6. The summed E-state index contributed by atoms with van der Waals surface area (Å²) in [5.74, 6) is -0.0983. The molecule has 0 aliphatic rings. The van der Waals surface area contributed by atoms with Crippen molar-refractivity contribution in [1.29, 1.82) is 0 Å². The van der Waals surface area contributed by atoms with E-state index in [9.17, 15) is 19.7 Å². The fourth-order valence-corrected chi connectivity index (χ4v) is 4.19. The van der Waals surface area contributed by atoms with Crippen LogP contribution in [0, 0.1) is 23.0 Å². The molecule has 3 rings (SSSR count). The number of thiophene rings is 1. The molecule has 0 aliphatic carbocycles. The lowest BCUT2D eigenvalue weighted by atomic mass is 9.98. The summed E-state index contributed by atoms with van der Waals surface area (Å²) in [5, 5.41) is 11.8. The van der Waals surface area contributed by atoms with E-state index >= 15 is 0 Å². The summed E-state index contributed by atoms with van der Waals surface area (Å²) < 4.78 is 4.67. The molecule has 0 bridgehead atoms. The SMILES string of the molecule is CCC(C)Cc1c(C)sc2nc(-c3cc(C(=O)OC)cc([N+](=O)[O-])c3)[nH]c(=O)c12. The molecule has 2 aromatic heterocycles. The quantitative estimate of drug-likeness (QED) is 0.366. The van der Waals surface area contributed by atoms with E-state index in [4.69, 9.17) is 0 Å². The normalized spacial score (nSPS) is 12.1. The van der Waals surface area contributed by atoms with Crippen molar-refractivity contribution in [3.63, 3.8) is 0 Å². The minimum Gasteiger partial charge on any atom is -0.465 e. The van der Waals surface area contributed by atoms with Gasteiger partial charge in [-0.05, 0) is 30.9 Å². The van der Waals surface area contributed by atoms with E-state index in [0.29, 0.717) is 16.1 Å². The highest BCUT2D eigenvalue weighted by Gasteiger charge is 2.20. The summed E-state index contributed by atoms with van der Waals surface area (Å²) >= 11 is 1.42. The van der Waals surface area contributed by atoms with Crippen molar-refractivity contribution in [2.45, 2.75) is 33.6 Å². The van der Waals surface area contributed by atoms with Crippen LogP contribution >= 0.6 is 11.3 Å². The molecule has 0 fully saturated rings. The van der Waals surface area contributed by atoms with Gasteiger partial charge in [-0.25, -0.2) is 9.78 Å². The number of carbonyl (C=O) groups excluding carboxylic acids is 1. The van der Waals surface area contributed by atoms with Crippen molar-refractivity contribution in [3.8, 4) is 11.4 Å². The molecule has 8 nitrogen and oxygen atoms in total. The fourth-order valence-electron chi connectivity index (χ4n) is 3.14. The monoisotopic (exact) mass is 415 g/mol. The summed E-state index contributed by atoms with van der Waals surface area (Å²) in [5.41, 5.74) is 0.700. The first-order valence-corrected chi connectivity index (χ1v) is 9.97. The summed E-state index contributed by atoms with van der Waals surface area (Å²) in [6.07, 6.45) is 1.79. The Hall–Kier alpha value is -3.07. The van der Waals surface area contributed by atoms with Gasteiger partial charge < -0.3 is 9.72 Å². The number of aromatic nitrogens is 2. The number of aryl methyl sites for hydroxylation is 1. The van der Waals surface area contributed by atoms with Gasteiger partial charge >= 0.3 is 5.97 Å². The van der Waals surface area contributed by atoms with E-state index < -0.39 is 10.9 Å². The van der Waals surface area contributed by atoms with Gasteiger partial charge in [-0.3, -0.25) is 14.9 Å². The van der Waals surface area contributed by atoms with Crippen LogP contribution in [0.2, 0.25) is 0 Å². The predicted octanol–water partition coefficient (Wildman–Crippen LogP) is 4.24. The molecule has 0 amide bonds. The van der Waals surface area contributed by atoms with Gasteiger partial charge in [-0.2, -0.15) is 0 Å². The Morgan fingerprint density at radius 1 is 1.38 bits per heavy atom. The predicted molar refractivity (Wildman–Crippen MR) is 112 cm³/mol. The van der Waals surface area contributed by atoms with E-state index in [-0.39, 0.29) is 28.2 Å². The Bertz CT molecular complexity index is 1160. The van der Waals surface area contributed by atoms with Gasteiger partial charge in [-0.1, -0.05) is 20.3 Å². The zero-order valence-corrected chi connectivity index (χ0v) is 17.4. The van der Waals surface area contributed by atoms with Crippen LogP contribution in [0.3, 0.4) is 0 Å². The number of nitro groups is 1. The molecule has 1 aromatic carbocycles. The smallest absolute Gasteiger partial charge is 0.338 e. The molecule has 1 unspecified atom stereocenters. The molecule has 1 atom stereocenters. The van der Waals surface area contributed by atoms with Crippen LogP contribution in [-0.2, 0) is 11.2 Å². The Morgan fingerprint density at radius 2 is 2.10 bits per heavy atom. The number of carbonyl (C=O) groups is 1. The minimum atomic E-state index is -0.707. The molecule has 0 spiro atoms. The molecule has 1 N–H and O–H groups in total. The van der Waals surface area contributed by atoms with Crippen molar-refractivity contribution in [3.05, 3.63) is 54.7 Å². The van der Waals surface area contributed by atoms with Crippen LogP contribution in [0.1, 0.15) is 41.1 Å². The molecule has 3 aromatic rings. The summed E-state index contributed by atoms with van der Waals surface area (Å²) in [4.78, 5) is 44.3. The standard InChI is InChI=1S/C20H21N3O5S/c1-5-10(2)6-15-11(3)29-19-16(15)18(24)21-17(22-19)12-7-13(20(25)28-4)9-14(8-12)23(26)27/h7-10H,5-6H2,1-4H3,(H,21,22,24). The first-order valence-electron chi connectivity index (χ1n) is 9.15. The molecule has 152 valence electrons. The highest BCUT2D eigenvalue weighted by molar-refractivity contribution is 7.18. The number of benzene rings is 1. The molecule has 9 heteroatoms. The number of ether oxygens (including phenoxy) is 1. The van der Waals surface area contributed by atoms with Crippen LogP contribution in [0.4, 0.5) is 5.69 Å². The van der Waals surface area contributed by atoms with Gasteiger partial charge in [-0.15, -0.1) is 11.3 Å². The Morgan fingerprint density at radius 3 is 2.72 bits per heavy atom. The van der Waals surface area contributed by atoms with Crippen LogP contribution in [0.5, 0.6) is 0 Å². The first-order chi connectivity index (χ1) is 13.7. The van der Waals surface area contributed by atoms with Crippen molar-refractivity contribution in [2.24, 2.45) is 5.92 Å². The number of nitrogens with one attached hydrogen (secondary N) is 1. The number of rotatable bonds is 6. The molecular weight excluding hydrogens is 394 g/mol. The van der Waals surface area contributed by atoms with E-state index in [0.717, 1.165) is 29.3 Å². The Labute approximate surface area is 170 Å². The van der Waals surface area contributed by atoms with Crippen molar-refractivity contribution >= 4 is 33.2 Å². The number of fused-ring (bicyclic) bond motifs is 1. The highest BCUT2D eigenvalue weighted by atomic mass is 32.1. The average molecular weight is 415 g/mol. The number of hydrogen-bond acceptors (Lipinski definition) is 7. The van der Waals surface area contributed by atoms with Crippen LogP contribution in [0.15, 0.2) is 23.0 Å². The number of nitro benzene ring substituents is 1. The minimum absolute atomic E-state index is 0.0132. The number of aromatic amines is 1. The lowest BCUT2D eigenvalue weighted by Crippen LogP contribution is -2.11. The highest BCUT2D eigenvalue weighted by Crippen LogP contribution is 2.31. The van der Waals surface area contributed by atoms with Crippen LogP contribution in [-0.4, -0.2) is 28.0 Å². The fraction of sp³-hybridized carbons (Fsp3) is 0.350. The zero-order chi connectivity index (χ0) is 21.3. The molecule has 0 saturated carbocycles. The number of hydrogen-bond donors (Lipinski definition) is 1. The van der Waals surface area contributed by atoms with Crippen molar-refractivity contribution in [1.82, 2.24) is 9.97 Å². The number of nitrogens with zero attached hydrogens (tertiary/aromatic N) is 2. The molecule has 2 heterocycles. The topological polar surface area (TPSA) is 115 Å². The second-order valence-corrected chi connectivity index (χ2v) is 8.17. The molecule has 0 saturated heterocycles. The maximum absolute atomic E-state index is 12.9. The number of H-pyrrole nitrogens is 1. The van der Waals surface area contributed by atoms with Gasteiger partial charge in [0.1, 0.15) is 10.7 Å². The third-order valence-electron chi connectivity index (χ3n) is 4.94. The van der Waals surface area contributed by atoms with Crippen molar-refractivity contribution < 1.29 is 14.5 Å². The number of non-ortho nitro benzene ring substituents is 1. The number of esters is 1. The van der Waals surface area contributed by atoms with E-state index in [2.05, 4.69) is 28.6 Å². The Balaban J connectivity index is 2.19. The molecule has 29 heavy (non-hydrogen) atoms. The molecule has 0 aliphatic heterocycles. The van der Waals surface area contributed by atoms with Gasteiger partial charge in [0, 0.05) is 22.6 Å². The maximum atomic E-state index is 12.9. The third-order valence-corrected chi connectivity index (χ3v) is 5.98. The summed E-state index contributed by atoms with van der Waals surface area (Å²) in [7, 11) is 1.19. The van der Waals surface area contributed by atoms with Crippen molar-refractivity contribution in [2.75, 3.05) is 7.11 Å². The first kappa shape index (κ1) is 20.7. The van der Waals surface area contributed by atoms with E-state index in [1.165, 1.54) is 30.6 Å². The molecular formula is C20H21N3O5S. The maximum Gasteiger partial charge on any atom is 0.338 e. The lowest BCUT2D eigenvalue weighted by molar-refractivity contribution is -0.384. The summed E-state index contributed by atoms with van der Waals surface area (Å²) in [6.45, 7) is 6.21. The summed E-state index contributed by atoms with van der Waals surface area (Å²) in [6, 6.07) is 3.83. The third kappa shape index (κ3) is 4.04. The van der Waals surface area contributed by atoms with Gasteiger partial charge in [0.2, 0.25) is 0 Å². The average Bonchev–Trinajstić information content (AvgIpc) is 3.02. The second kappa shape index (κ2) is 8.12. The van der Waals surface area contributed by atoms with Gasteiger partial charge in [0.05, 0.1) is 23.0 Å². The lowest BCUT2D eigenvalue weighted by Gasteiger charge is -2.08. The van der Waals surface area contributed by atoms with Gasteiger partial charge in [0.25, 0.3) is 11.2 Å². The van der Waals surface area contributed by atoms with Gasteiger partial charge in [0.15, 0.2) is 0 Å². The molecule has 0 radical (unpaired) electrons. The van der Waals surface area contributed by atoms with E-state index in [1.54, 1.807) is 0 Å². The van der Waals surface area contributed by atoms with Crippen LogP contribution in [0.25, 0.3) is 21.6 Å². The van der Waals surface area contributed by atoms with E-state index in [1.807, 2.05) is 6.92 Å². The number of methoxy groups -OCH3 is 1. The van der Waals surface area contributed by atoms with Crippen LogP contribution < -0.4 is 5.56 Å². The largest absolute Gasteiger partial charge is 0.465 e.